The highest BCUT2D eigenvalue weighted by Crippen LogP contribution is 2.32. The Kier molecular flexibility index (Phi) is 6.87. The molecule has 3 rings (SSSR count). The van der Waals surface area contributed by atoms with Gasteiger partial charge in [-0.05, 0) is 68.1 Å². The predicted octanol–water partition coefficient (Wildman–Crippen LogP) is 4.86. The number of nitrogens with zero attached hydrogens (tertiary/aromatic N) is 2. The molecule has 1 amide bonds. The fourth-order valence-electron chi connectivity index (χ4n) is 3.19. The molecule has 2 N–H and O–H groups in total. The molecule has 3 aromatic rings. The number of hydrogen-bond acceptors (Lipinski definition) is 5. The molecule has 0 unspecified atom stereocenters. The van der Waals surface area contributed by atoms with Crippen molar-refractivity contribution in [3.8, 4) is 0 Å². The van der Waals surface area contributed by atoms with Crippen molar-refractivity contribution in [2.75, 3.05) is 6.54 Å². The van der Waals surface area contributed by atoms with Gasteiger partial charge >= 0.3 is 6.18 Å². The van der Waals surface area contributed by atoms with Crippen molar-refractivity contribution in [3.63, 3.8) is 0 Å². The van der Waals surface area contributed by atoms with Crippen molar-refractivity contribution in [1.82, 2.24) is 15.5 Å². The highest BCUT2D eigenvalue weighted by molar-refractivity contribution is 7.92. The van der Waals surface area contributed by atoms with Crippen LogP contribution < -0.4 is 5.32 Å². The molecule has 0 aliphatic carbocycles. The first-order valence-corrected chi connectivity index (χ1v) is 11.6. The highest BCUT2D eigenvalue weighted by Gasteiger charge is 2.32. The quantitative estimate of drug-likeness (QED) is 0.531. The second kappa shape index (κ2) is 9.30. The average molecular weight is 477 g/mol. The van der Waals surface area contributed by atoms with Crippen LogP contribution in [0.4, 0.5) is 13.2 Å². The monoisotopic (exact) mass is 476 g/mol. The first-order chi connectivity index (χ1) is 15.4. The lowest BCUT2D eigenvalue weighted by Crippen LogP contribution is -2.28. The minimum Gasteiger partial charge on any atom is -0.352 e. The number of aryl methyl sites for hydroxylation is 3. The summed E-state index contributed by atoms with van der Waals surface area (Å²) >= 11 is 0. The molecule has 1 heterocycles. The first kappa shape index (κ1) is 24.4. The van der Waals surface area contributed by atoms with Crippen LogP contribution in [0.25, 0.3) is 0 Å². The molecule has 2 aromatic carbocycles. The molecule has 0 radical (unpaired) electrons. The Morgan fingerprint density at radius 1 is 1.03 bits per heavy atom. The van der Waals surface area contributed by atoms with Crippen molar-refractivity contribution in [2.24, 2.45) is 0 Å². The molecule has 6 nitrogen and oxygen atoms in total. The number of amides is 1. The molecule has 0 fully saturated rings. The summed E-state index contributed by atoms with van der Waals surface area (Å²) in [5, 5.41) is 9.79. The summed E-state index contributed by atoms with van der Waals surface area (Å²) in [7, 11) is -4.04. The van der Waals surface area contributed by atoms with E-state index in [2.05, 4.69) is 15.5 Å². The predicted molar refractivity (Wildman–Crippen MR) is 118 cm³/mol. The molecule has 1 aromatic heterocycles. The number of hydrogen-bond donors (Lipinski definition) is 2. The van der Waals surface area contributed by atoms with E-state index in [1.54, 1.807) is 6.92 Å². The number of carbonyl (C=O) groups is 1. The van der Waals surface area contributed by atoms with Crippen LogP contribution in [0.15, 0.2) is 58.5 Å². The standard InChI is InChI=1S/C23H23F3N4O2S/c1-14-7-8-17(11-15(14)2)9-10-28-21(31)20-12-16(3)29-30-22(20)33(27,32)19-6-4-5-18(13-19)23(24,25)26/h4-8,11-13,27H,9-10H2,1-3H3,(H,28,31)/t33-/m0/s1. The molecule has 10 heteroatoms. The van der Waals surface area contributed by atoms with Gasteiger partial charge in [-0.3, -0.25) is 4.79 Å². The average Bonchev–Trinajstić information content (AvgIpc) is 2.75. The number of aromatic nitrogens is 2. The molecule has 0 spiro atoms. The Morgan fingerprint density at radius 3 is 2.42 bits per heavy atom. The normalized spacial score (nSPS) is 13.4. The molecule has 0 saturated carbocycles. The fourth-order valence-corrected chi connectivity index (χ4v) is 4.59. The minimum atomic E-state index is -4.67. The summed E-state index contributed by atoms with van der Waals surface area (Å²) in [6, 6.07) is 11.0. The summed E-state index contributed by atoms with van der Waals surface area (Å²) in [6.07, 6.45) is -4.12. The summed E-state index contributed by atoms with van der Waals surface area (Å²) in [6.45, 7) is 5.83. The second-order valence-corrected chi connectivity index (χ2v) is 9.68. The number of rotatable bonds is 6. The van der Waals surface area contributed by atoms with E-state index in [0.29, 0.717) is 18.2 Å². The third-order valence-corrected chi connectivity index (χ3v) is 6.93. The zero-order valence-corrected chi connectivity index (χ0v) is 19.1. The van der Waals surface area contributed by atoms with E-state index in [1.165, 1.54) is 6.07 Å². The van der Waals surface area contributed by atoms with Gasteiger partial charge in [-0.1, -0.05) is 24.3 Å². The van der Waals surface area contributed by atoms with Crippen molar-refractivity contribution < 1.29 is 22.2 Å². The van der Waals surface area contributed by atoms with Gasteiger partial charge in [0.1, 0.15) is 9.73 Å². The van der Waals surface area contributed by atoms with Crippen LogP contribution in [0.1, 0.15) is 38.3 Å². The van der Waals surface area contributed by atoms with Crippen LogP contribution in [0.5, 0.6) is 0 Å². The molecule has 174 valence electrons. The van der Waals surface area contributed by atoms with Crippen LogP contribution in [0.3, 0.4) is 0 Å². The summed E-state index contributed by atoms with van der Waals surface area (Å²) in [4.78, 5) is 12.5. The molecule has 33 heavy (non-hydrogen) atoms. The Bertz CT molecular complexity index is 1310. The molecular weight excluding hydrogens is 453 g/mol. The van der Waals surface area contributed by atoms with Crippen LogP contribution in [-0.4, -0.2) is 26.9 Å². The van der Waals surface area contributed by atoms with Crippen LogP contribution in [0.2, 0.25) is 0 Å². The van der Waals surface area contributed by atoms with Gasteiger partial charge in [-0.2, -0.15) is 18.3 Å². The van der Waals surface area contributed by atoms with E-state index in [1.807, 2.05) is 32.0 Å². The van der Waals surface area contributed by atoms with Gasteiger partial charge in [0.2, 0.25) is 0 Å². The topological polar surface area (TPSA) is 95.8 Å². The summed E-state index contributed by atoms with van der Waals surface area (Å²) in [5.41, 5.74) is 2.46. The van der Waals surface area contributed by atoms with Gasteiger partial charge in [0.05, 0.1) is 21.7 Å². The maximum atomic E-state index is 13.3. The van der Waals surface area contributed by atoms with Gasteiger partial charge in [0.25, 0.3) is 5.91 Å². The molecule has 0 bridgehead atoms. The van der Waals surface area contributed by atoms with Gasteiger partial charge in [0.15, 0.2) is 5.03 Å². The highest BCUT2D eigenvalue weighted by atomic mass is 32.2. The van der Waals surface area contributed by atoms with Gasteiger partial charge < -0.3 is 5.32 Å². The van der Waals surface area contributed by atoms with E-state index in [9.17, 15) is 22.2 Å². The lowest BCUT2D eigenvalue weighted by molar-refractivity contribution is -0.137. The fraction of sp³-hybridized carbons (Fsp3) is 0.261. The number of benzene rings is 2. The molecule has 1 atom stereocenters. The number of halogens is 3. The number of alkyl halides is 3. The smallest absolute Gasteiger partial charge is 0.352 e. The lowest BCUT2D eigenvalue weighted by Gasteiger charge is -2.14. The minimum absolute atomic E-state index is 0.153. The van der Waals surface area contributed by atoms with Crippen molar-refractivity contribution in [2.45, 2.75) is 43.3 Å². The van der Waals surface area contributed by atoms with Crippen molar-refractivity contribution in [3.05, 3.63) is 82.0 Å². The van der Waals surface area contributed by atoms with E-state index in [0.717, 1.165) is 34.9 Å². The van der Waals surface area contributed by atoms with E-state index in [-0.39, 0.29) is 12.1 Å². The van der Waals surface area contributed by atoms with E-state index >= 15 is 0 Å². The van der Waals surface area contributed by atoms with Crippen LogP contribution >= 0.6 is 0 Å². The maximum Gasteiger partial charge on any atom is 0.416 e. The van der Waals surface area contributed by atoms with Crippen LogP contribution in [0, 0.1) is 25.6 Å². The van der Waals surface area contributed by atoms with Crippen molar-refractivity contribution >= 4 is 15.6 Å². The van der Waals surface area contributed by atoms with E-state index in [4.69, 9.17) is 4.78 Å². The molecule has 0 saturated heterocycles. The first-order valence-electron chi connectivity index (χ1n) is 10.0. The lowest BCUT2D eigenvalue weighted by atomic mass is 10.0. The van der Waals surface area contributed by atoms with Gasteiger partial charge in [-0.15, -0.1) is 5.10 Å². The maximum absolute atomic E-state index is 13.3. The zero-order valence-electron chi connectivity index (χ0n) is 18.3. The third kappa shape index (κ3) is 5.57. The summed E-state index contributed by atoms with van der Waals surface area (Å²) < 4.78 is 60.9. The zero-order chi connectivity index (χ0) is 24.4. The second-order valence-electron chi connectivity index (χ2n) is 7.71. The van der Waals surface area contributed by atoms with E-state index < -0.39 is 37.3 Å². The third-order valence-electron chi connectivity index (χ3n) is 5.16. The van der Waals surface area contributed by atoms with Gasteiger partial charge in [0, 0.05) is 6.54 Å². The largest absolute Gasteiger partial charge is 0.416 e. The molecular formula is C23H23F3N4O2S. The molecule has 0 aliphatic heterocycles. The summed E-state index contributed by atoms with van der Waals surface area (Å²) in [5.74, 6) is -0.626. The molecule has 0 aliphatic rings. The number of nitrogens with one attached hydrogen (secondary N) is 2. The number of carbonyl (C=O) groups excluding carboxylic acids is 1. The SMILES string of the molecule is Cc1cc(C(=O)NCCc2ccc(C)c(C)c2)c([S@@](=N)(=O)c2cccc(C(F)(F)F)c2)nn1. The Balaban J connectivity index is 1.88. The van der Waals surface area contributed by atoms with Gasteiger partial charge in [-0.25, -0.2) is 8.99 Å². The van der Waals surface area contributed by atoms with Crippen molar-refractivity contribution in [1.29, 1.82) is 4.78 Å². The Morgan fingerprint density at radius 2 is 1.76 bits per heavy atom. The Hall–Kier alpha value is -3.27. The van der Waals surface area contributed by atoms with Crippen LogP contribution in [-0.2, 0) is 22.3 Å². The Labute approximate surface area is 190 Å².